The Hall–Kier alpha value is -2.88. The predicted molar refractivity (Wildman–Crippen MR) is 71.3 cm³/mol. The van der Waals surface area contributed by atoms with E-state index in [2.05, 4.69) is 10.1 Å². The highest BCUT2D eigenvalue weighted by molar-refractivity contribution is 5.96. The molecule has 2 N–H and O–H groups in total. The van der Waals surface area contributed by atoms with Gasteiger partial charge in [0.2, 0.25) is 0 Å². The van der Waals surface area contributed by atoms with Crippen molar-refractivity contribution in [3.8, 4) is 6.07 Å². The SMILES string of the molecule is COC(=O)CCC(NC(=O)c1cccc(C#N)c1)C(=O)O. The Kier molecular flexibility index (Phi) is 5.89. The highest BCUT2D eigenvalue weighted by Gasteiger charge is 2.22. The number of rotatable bonds is 6. The number of carboxylic acids is 1. The topological polar surface area (TPSA) is 116 Å². The van der Waals surface area contributed by atoms with E-state index in [0.717, 1.165) is 0 Å². The van der Waals surface area contributed by atoms with Crippen LogP contribution in [0, 0.1) is 11.3 Å². The van der Waals surface area contributed by atoms with Gasteiger partial charge in [0.25, 0.3) is 5.91 Å². The van der Waals surface area contributed by atoms with E-state index in [1.165, 1.54) is 31.4 Å². The number of nitrogens with zero attached hydrogens (tertiary/aromatic N) is 1. The van der Waals surface area contributed by atoms with E-state index >= 15 is 0 Å². The highest BCUT2D eigenvalue weighted by atomic mass is 16.5. The molecule has 0 saturated heterocycles. The number of aliphatic carboxylic acids is 1. The molecule has 0 aliphatic rings. The number of amides is 1. The Balaban J connectivity index is 2.74. The van der Waals surface area contributed by atoms with Gasteiger partial charge in [-0.3, -0.25) is 9.59 Å². The van der Waals surface area contributed by atoms with Gasteiger partial charge in [-0.25, -0.2) is 4.79 Å². The summed E-state index contributed by atoms with van der Waals surface area (Å²) in [6.45, 7) is 0. The van der Waals surface area contributed by atoms with Crippen LogP contribution < -0.4 is 5.32 Å². The molecule has 1 aromatic carbocycles. The first kappa shape index (κ1) is 16.2. The predicted octanol–water partition coefficient (Wildman–Crippen LogP) is 0.694. The third kappa shape index (κ3) is 4.95. The molecule has 0 aliphatic heterocycles. The van der Waals surface area contributed by atoms with E-state index in [0.29, 0.717) is 5.56 Å². The minimum absolute atomic E-state index is 0.0777. The molecule has 110 valence electrons. The summed E-state index contributed by atoms with van der Waals surface area (Å²) in [6.07, 6.45) is -0.197. The molecule has 0 saturated carbocycles. The number of carbonyl (C=O) groups excluding carboxylic acids is 2. The third-order valence-electron chi connectivity index (χ3n) is 2.72. The summed E-state index contributed by atoms with van der Waals surface area (Å²) in [5.74, 6) is -2.42. The van der Waals surface area contributed by atoms with Crippen LogP contribution in [-0.2, 0) is 14.3 Å². The van der Waals surface area contributed by atoms with Crippen LogP contribution in [0.25, 0.3) is 0 Å². The van der Waals surface area contributed by atoms with Crippen LogP contribution in [-0.4, -0.2) is 36.1 Å². The van der Waals surface area contributed by atoms with Crippen molar-refractivity contribution in [1.29, 1.82) is 5.26 Å². The molecule has 0 aliphatic carbocycles. The van der Waals surface area contributed by atoms with E-state index in [-0.39, 0.29) is 18.4 Å². The van der Waals surface area contributed by atoms with Crippen LogP contribution in [0.1, 0.15) is 28.8 Å². The van der Waals surface area contributed by atoms with Gasteiger partial charge in [-0.1, -0.05) is 6.07 Å². The number of nitrogens with one attached hydrogen (secondary N) is 1. The lowest BCUT2D eigenvalue weighted by Gasteiger charge is -2.14. The van der Waals surface area contributed by atoms with Crippen molar-refractivity contribution in [2.75, 3.05) is 7.11 Å². The molecule has 1 rings (SSSR count). The maximum atomic E-state index is 11.9. The van der Waals surface area contributed by atoms with Crippen LogP contribution in [0.4, 0.5) is 0 Å². The molecule has 0 bridgehead atoms. The van der Waals surface area contributed by atoms with Crippen molar-refractivity contribution in [3.63, 3.8) is 0 Å². The lowest BCUT2D eigenvalue weighted by Crippen LogP contribution is -2.41. The second-order valence-electron chi connectivity index (χ2n) is 4.17. The normalized spacial score (nSPS) is 11.0. The number of nitriles is 1. The molecule has 0 spiro atoms. The molecule has 7 nitrogen and oxygen atoms in total. The van der Waals surface area contributed by atoms with Gasteiger partial charge in [-0.15, -0.1) is 0 Å². The Labute approximate surface area is 121 Å². The number of methoxy groups -OCH3 is 1. The number of esters is 1. The van der Waals surface area contributed by atoms with Crippen molar-refractivity contribution in [2.45, 2.75) is 18.9 Å². The van der Waals surface area contributed by atoms with Gasteiger partial charge in [-0.2, -0.15) is 5.26 Å². The van der Waals surface area contributed by atoms with Gasteiger partial charge in [0, 0.05) is 12.0 Å². The average Bonchev–Trinajstić information content (AvgIpc) is 2.50. The fourth-order valence-electron chi connectivity index (χ4n) is 1.59. The maximum Gasteiger partial charge on any atom is 0.326 e. The van der Waals surface area contributed by atoms with Crippen molar-refractivity contribution in [2.24, 2.45) is 0 Å². The van der Waals surface area contributed by atoms with E-state index in [1.54, 1.807) is 0 Å². The van der Waals surface area contributed by atoms with E-state index in [4.69, 9.17) is 10.4 Å². The molecule has 1 atom stereocenters. The Morgan fingerprint density at radius 2 is 2.14 bits per heavy atom. The first-order valence-corrected chi connectivity index (χ1v) is 6.08. The molecule has 7 heteroatoms. The molecule has 21 heavy (non-hydrogen) atoms. The van der Waals surface area contributed by atoms with Crippen molar-refractivity contribution in [1.82, 2.24) is 5.32 Å². The van der Waals surface area contributed by atoms with E-state index in [9.17, 15) is 14.4 Å². The summed E-state index contributed by atoms with van der Waals surface area (Å²) >= 11 is 0. The molecule has 1 aromatic rings. The van der Waals surface area contributed by atoms with Crippen molar-refractivity contribution in [3.05, 3.63) is 35.4 Å². The van der Waals surface area contributed by atoms with Gasteiger partial charge in [0.05, 0.1) is 18.7 Å². The zero-order valence-electron chi connectivity index (χ0n) is 11.3. The molecular weight excluding hydrogens is 276 g/mol. The van der Waals surface area contributed by atoms with Crippen molar-refractivity contribution >= 4 is 17.8 Å². The number of ether oxygens (including phenoxy) is 1. The van der Waals surface area contributed by atoms with Gasteiger partial charge in [0.15, 0.2) is 0 Å². The molecular formula is C14H14N2O5. The summed E-state index contributed by atoms with van der Waals surface area (Å²) in [5, 5.41) is 20.1. The molecule has 1 amide bonds. The highest BCUT2D eigenvalue weighted by Crippen LogP contribution is 2.06. The van der Waals surface area contributed by atoms with Gasteiger partial charge in [-0.05, 0) is 24.6 Å². The fraction of sp³-hybridized carbons (Fsp3) is 0.286. The second kappa shape index (κ2) is 7.65. The molecule has 0 fully saturated rings. The Bertz CT molecular complexity index is 591. The summed E-state index contributed by atoms with van der Waals surface area (Å²) in [4.78, 5) is 34.0. The molecule has 0 radical (unpaired) electrons. The van der Waals surface area contributed by atoms with E-state index < -0.39 is 23.9 Å². The largest absolute Gasteiger partial charge is 0.480 e. The zero-order valence-corrected chi connectivity index (χ0v) is 11.3. The Morgan fingerprint density at radius 3 is 2.71 bits per heavy atom. The summed E-state index contributed by atoms with van der Waals surface area (Å²) in [5.41, 5.74) is 0.474. The quantitative estimate of drug-likeness (QED) is 0.745. The van der Waals surface area contributed by atoms with Gasteiger partial charge >= 0.3 is 11.9 Å². The smallest absolute Gasteiger partial charge is 0.326 e. The van der Waals surface area contributed by atoms with Gasteiger partial charge < -0.3 is 15.2 Å². The summed E-state index contributed by atoms with van der Waals surface area (Å²) in [7, 11) is 1.20. The maximum absolute atomic E-state index is 11.9. The van der Waals surface area contributed by atoms with Crippen LogP contribution >= 0.6 is 0 Å². The van der Waals surface area contributed by atoms with E-state index in [1.807, 2.05) is 6.07 Å². The zero-order chi connectivity index (χ0) is 15.8. The van der Waals surface area contributed by atoms with Gasteiger partial charge in [0.1, 0.15) is 6.04 Å². The molecule has 1 unspecified atom stereocenters. The summed E-state index contributed by atoms with van der Waals surface area (Å²) < 4.78 is 4.42. The first-order valence-electron chi connectivity index (χ1n) is 6.08. The van der Waals surface area contributed by atoms with Crippen molar-refractivity contribution < 1.29 is 24.2 Å². The summed E-state index contributed by atoms with van der Waals surface area (Å²) in [6, 6.07) is 6.56. The number of benzene rings is 1. The lowest BCUT2D eigenvalue weighted by molar-refractivity contribution is -0.142. The monoisotopic (exact) mass is 290 g/mol. The standard InChI is InChI=1S/C14H14N2O5/c1-21-12(17)6-5-11(14(19)20)16-13(18)10-4-2-3-9(7-10)8-15/h2-4,7,11H,5-6H2,1H3,(H,16,18)(H,19,20). The fourth-order valence-corrected chi connectivity index (χ4v) is 1.59. The first-order chi connectivity index (χ1) is 9.97. The van der Waals surface area contributed by atoms with Crippen LogP contribution in [0.3, 0.4) is 0 Å². The number of carboxylic acid groups (broad SMARTS) is 1. The van der Waals surface area contributed by atoms with Crippen LogP contribution in [0.2, 0.25) is 0 Å². The third-order valence-corrected chi connectivity index (χ3v) is 2.72. The molecule has 0 aromatic heterocycles. The minimum Gasteiger partial charge on any atom is -0.480 e. The number of carbonyl (C=O) groups is 3. The Morgan fingerprint density at radius 1 is 1.43 bits per heavy atom. The number of hydrogen-bond donors (Lipinski definition) is 2. The molecule has 0 heterocycles. The minimum atomic E-state index is -1.25. The lowest BCUT2D eigenvalue weighted by atomic mass is 10.1. The average molecular weight is 290 g/mol. The van der Waals surface area contributed by atoms with Crippen LogP contribution in [0.15, 0.2) is 24.3 Å². The van der Waals surface area contributed by atoms with Crippen LogP contribution in [0.5, 0.6) is 0 Å². The number of hydrogen-bond acceptors (Lipinski definition) is 5. The second-order valence-corrected chi connectivity index (χ2v) is 4.17.